The van der Waals surface area contributed by atoms with E-state index in [2.05, 4.69) is 17.4 Å². The molecule has 0 aliphatic rings. The first kappa shape index (κ1) is 20.8. The molecule has 0 radical (unpaired) electrons. The number of amides is 1. The van der Waals surface area contributed by atoms with Gasteiger partial charge in [0.1, 0.15) is 11.5 Å². The van der Waals surface area contributed by atoms with Crippen LogP contribution in [0.25, 0.3) is 0 Å². The van der Waals surface area contributed by atoms with Gasteiger partial charge in [0.15, 0.2) is 6.10 Å². The number of para-hydroxylation sites is 1. The molecule has 0 aliphatic carbocycles. The van der Waals surface area contributed by atoms with Crippen LogP contribution >= 0.6 is 0 Å². The summed E-state index contributed by atoms with van der Waals surface area (Å²) in [4.78, 5) is 12.5. The third kappa shape index (κ3) is 6.31. The van der Waals surface area contributed by atoms with E-state index in [1.54, 1.807) is 0 Å². The Hall–Kier alpha value is -2.49. The van der Waals surface area contributed by atoms with Crippen molar-refractivity contribution in [2.75, 3.05) is 13.2 Å². The van der Waals surface area contributed by atoms with Crippen molar-refractivity contribution in [2.45, 2.75) is 53.1 Å². The third-order valence-electron chi connectivity index (χ3n) is 4.46. The molecule has 0 bridgehead atoms. The smallest absolute Gasteiger partial charge is 0.261 e. The van der Waals surface area contributed by atoms with E-state index in [9.17, 15) is 4.79 Å². The summed E-state index contributed by atoms with van der Waals surface area (Å²) in [6.07, 6.45) is 1.88. The number of benzene rings is 2. The van der Waals surface area contributed by atoms with Crippen LogP contribution in [0.4, 0.5) is 0 Å². The molecule has 1 N–H and O–H groups in total. The second-order valence-electron chi connectivity index (χ2n) is 6.72. The van der Waals surface area contributed by atoms with Crippen LogP contribution in [0, 0.1) is 13.8 Å². The zero-order valence-electron chi connectivity index (χ0n) is 16.9. The van der Waals surface area contributed by atoms with Crippen LogP contribution in [-0.4, -0.2) is 25.2 Å². The number of hydrogen-bond donors (Lipinski definition) is 1. The van der Waals surface area contributed by atoms with Gasteiger partial charge in [0.25, 0.3) is 5.91 Å². The van der Waals surface area contributed by atoms with Gasteiger partial charge < -0.3 is 14.8 Å². The number of nitrogens with one attached hydrogen (secondary N) is 1. The molecule has 4 nitrogen and oxygen atoms in total. The minimum Gasteiger partial charge on any atom is -0.494 e. The standard InChI is InChI=1S/C23H31NO3/c1-5-20(27-21-14-13-17(3)16-18(21)4)23(25)24-15-9-11-19-10-7-8-12-22(19)26-6-2/h7-8,10,12-14,16,20H,5-6,9,11,15H2,1-4H3,(H,24,25)/t20-/m1/s1. The fraction of sp³-hybridized carbons (Fsp3) is 0.435. The van der Waals surface area contributed by atoms with Crippen LogP contribution in [0.1, 0.15) is 43.4 Å². The van der Waals surface area contributed by atoms with Gasteiger partial charge in [-0.3, -0.25) is 4.79 Å². The van der Waals surface area contributed by atoms with Gasteiger partial charge >= 0.3 is 0 Å². The molecule has 0 aromatic heterocycles. The van der Waals surface area contributed by atoms with E-state index in [1.165, 1.54) is 11.1 Å². The zero-order chi connectivity index (χ0) is 19.6. The summed E-state index contributed by atoms with van der Waals surface area (Å²) in [7, 11) is 0. The molecule has 4 heteroatoms. The molecule has 2 aromatic rings. The van der Waals surface area contributed by atoms with Crippen LogP contribution < -0.4 is 14.8 Å². The second-order valence-corrected chi connectivity index (χ2v) is 6.72. The zero-order valence-corrected chi connectivity index (χ0v) is 16.9. The molecule has 2 aromatic carbocycles. The fourth-order valence-corrected chi connectivity index (χ4v) is 3.02. The van der Waals surface area contributed by atoms with E-state index in [0.29, 0.717) is 19.6 Å². The highest BCUT2D eigenvalue weighted by atomic mass is 16.5. The molecule has 1 amide bonds. The number of aryl methyl sites for hydroxylation is 3. The van der Waals surface area contributed by atoms with Crippen molar-refractivity contribution in [3.63, 3.8) is 0 Å². The van der Waals surface area contributed by atoms with Crippen LogP contribution in [0.2, 0.25) is 0 Å². The van der Waals surface area contributed by atoms with Crippen molar-refractivity contribution in [2.24, 2.45) is 0 Å². The molecule has 0 unspecified atom stereocenters. The lowest BCUT2D eigenvalue weighted by molar-refractivity contribution is -0.128. The molecule has 2 rings (SSSR count). The van der Waals surface area contributed by atoms with Gasteiger partial charge in [-0.1, -0.05) is 42.8 Å². The molecular formula is C23H31NO3. The van der Waals surface area contributed by atoms with Gasteiger partial charge in [-0.15, -0.1) is 0 Å². The summed E-state index contributed by atoms with van der Waals surface area (Å²) < 4.78 is 11.6. The van der Waals surface area contributed by atoms with Crippen molar-refractivity contribution in [3.05, 3.63) is 59.2 Å². The van der Waals surface area contributed by atoms with Crippen molar-refractivity contribution in [1.29, 1.82) is 0 Å². The van der Waals surface area contributed by atoms with Gasteiger partial charge in [0, 0.05) is 6.54 Å². The number of carbonyl (C=O) groups excluding carboxylic acids is 1. The normalized spacial score (nSPS) is 11.7. The summed E-state index contributed by atoms with van der Waals surface area (Å²) in [5.74, 6) is 1.64. The quantitative estimate of drug-likeness (QED) is 0.622. The van der Waals surface area contributed by atoms with E-state index >= 15 is 0 Å². The van der Waals surface area contributed by atoms with Crippen LogP contribution in [0.3, 0.4) is 0 Å². The van der Waals surface area contributed by atoms with Crippen LogP contribution in [0.5, 0.6) is 11.5 Å². The lowest BCUT2D eigenvalue weighted by Crippen LogP contribution is -2.38. The SMILES string of the molecule is CCOc1ccccc1CCCNC(=O)[C@@H](CC)Oc1ccc(C)cc1C. The summed E-state index contributed by atoms with van der Waals surface area (Å²) in [6.45, 7) is 9.27. The maximum Gasteiger partial charge on any atom is 0.261 e. The monoisotopic (exact) mass is 369 g/mol. The maximum atomic E-state index is 12.5. The molecule has 0 heterocycles. The highest BCUT2D eigenvalue weighted by molar-refractivity contribution is 5.81. The molecule has 1 atom stereocenters. The van der Waals surface area contributed by atoms with Crippen molar-refractivity contribution in [3.8, 4) is 11.5 Å². The number of rotatable bonds is 10. The van der Waals surface area contributed by atoms with E-state index in [-0.39, 0.29) is 5.91 Å². The van der Waals surface area contributed by atoms with Gasteiger partial charge in [0.05, 0.1) is 6.61 Å². The van der Waals surface area contributed by atoms with Crippen LogP contribution in [0.15, 0.2) is 42.5 Å². The van der Waals surface area contributed by atoms with Gasteiger partial charge in [-0.25, -0.2) is 0 Å². The maximum absolute atomic E-state index is 12.5. The molecule has 27 heavy (non-hydrogen) atoms. The molecule has 0 aliphatic heterocycles. The fourth-order valence-electron chi connectivity index (χ4n) is 3.02. The van der Waals surface area contributed by atoms with Crippen LogP contribution in [-0.2, 0) is 11.2 Å². The minimum absolute atomic E-state index is 0.0597. The molecule has 146 valence electrons. The average Bonchev–Trinajstić information content (AvgIpc) is 2.66. The van der Waals surface area contributed by atoms with E-state index in [4.69, 9.17) is 9.47 Å². The molecule has 0 saturated carbocycles. The number of ether oxygens (including phenoxy) is 2. The minimum atomic E-state index is -0.470. The lowest BCUT2D eigenvalue weighted by atomic mass is 10.1. The second kappa shape index (κ2) is 10.6. The molecule has 0 fully saturated rings. The molecular weight excluding hydrogens is 338 g/mol. The van der Waals surface area contributed by atoms with E-state index in [0.717, 1.165) is 29.9 Å². The average molecular weight is 370 g/mol. The predicted octanol–water partition coefficient (Wildman–Crippen LogP) is 4.61. The topological polar surface area (TPSA) is 47.6 Å². The number of hydrogen-bond acceptors (Lipinski definition) is 3. The van der Waals surface area contributed by atoms with Crippen molar-refractivity contribution >= 4 is 5.91 Å². The molecule has 0 spiro atoms. The number of carbonyl (C=O) groups is 1. The summed E-state index contributed by atoms with van der Waals surface area (Å²) in [5, 5.41) is 3.00. The highest BCUT2D eigenvalue weighted by Gasteiger charge is 2.18. The lowest BCUT2D eigenvalue weighted by Gasteiger charge is -2.19. The first-order valence-electron chi connectivity index (χ1n) is 9.77. The summed E-state index contributed by atoms with van der Waals surface area (Å²) in [5.41, 5.74) is 3.41. The summed E-state index contributed by atoms with van der Waals surface area (Å²) in [6, 6.07) is 14.1. The van der Waals surface area contributed by atoms with E-state index < -0.39 is 6.10 Å². The Bertz CT molecular complexity index is 742. The first-order valence-corrected chi connectivity index (χ1v) is 9.77. The Labute approximate surface area is 162 Å². The van der Waals surface area contributed by atoms with Gasteiger partial charge in [-0.2, -0.15) is 0 Å². The summed E-state index contributed by atoms with van der Waals surface area (Å²) >= 11 is 0. The Kier molecular flexibility index (Phi) is 8.18. The Morgan fingerprint density at radius 1 is 1.07 bits per heavy atom. The van der Waals surface area contributed by atoms with Gasteiger partial charge in [-0.05, 0) is 63.3 Å². The predicted molar refractivity (Wildman–Crippen MR) is 110 cm³/mol. The Morgan fingerprint density at radius 2 is 1.85 bits per heavy atom. The van der Waals surface area contributed by atoms with Crippen molar-refractivity contribution in [1.82, 2.24) is 5.32 Å². The first-order chi connectivity index (χ1) is 13.0. The van der Waals surface area contributed by atoms with Gasteiger partial charge in [0.2, 0.25) is 0 Å². The molecule has 0 saturated heterocycles. The Balaban J connectivity index is 1.83. The van der Waals surface area contributed by atoms with E-state index in [1.807, 2.05) is 58.0 Å². The highest BCUT2D eigenvalue weighted by Crippen LogP contribution is 2.21. The largest absolute Gasteiger partial charge is 0.494 e. The third-order valence-corrected chi connectivity index (χ3v) is 4.46. The van der Waals surface area contributed by atoms with Crippen molar-refractivity contribution < 1.29 is 14.3 Å². The Morgan fingerprint density at radius 3 is 2.56 bits per heavy atom.